The Kier molecular flexibility index (Phi) is 7.60. The van der Waals surface area contributed by atoms with Gasteiger partial charge < -0.3 is 10.2 Å². The fraction of sp³-hybridized carbons (Fsp3) is 0.833. The molecule has 0 bridgehead atoms. The van der Waals surface area contributed by atoms with Crippen LogP contribution in [0.2, 0.25) is 0 Å². The molecule has 4 heteroatoms. The van der Waals surface area contributed by atoms with E-state index in [1.165, 1.54) is 0 Å². The van der Waals surface area contributed by atoms with Gasteiger partial charge in [-0.05, 0) is 18.8 Å². The molecular weight excluding hydrogens is 208 g/mol. The number of rotatable bonds is 9. The molecule has 0 aromatic rings. The van der Waals surface area contributed by atoms with E-state index in [0.717, 1.165) is 19.3 Å². The molecule has 0 spiro atoms. The van der Waals surface area contributed by atoms with Gasteiger partial charge in [0.15, 0.2) is 0 Å². The predicted octanol–water partition coefficient (Wildman–Crippen LogP) is 2.77. The standard InChI is InChI=1S/C12H22O4/c1-3-9(2)10(12(15)16)7-5-4-6-8-11(13)14/h9-10H,3-8H2,1-2H3,(H,13,14)(H,15,16). The van der Waals surface area contributed by atoms with Crippen molar-refractivity contribution in [2.24, 2.45) is 11.8 Å². The van der Waals surface area contributed by atoms with Crippen LogP contribution in [0.1, 0.15) is 52.4 Å². The van der Waals surface area contributed by atoms with Crippen LogP contribution in [0.4, 0.5) is 0 Å². The van der Waals surface area contributed by atoms with E-state index >= 15 is 0 Å². The molecule has 2 unspecified atom stereocenters. The molecule has 94 valence electrons. The normalized spacial score (nSPS) is 14.4. The SMILES string of the molecule is CCC(C)C(CCCCCC(=O)O)C(=O)O. The van der Waals surface area contributed by atoms with Crippen molar-refractivity contribution in [1.29, 1.82) is 0 Å². The molecule has 0 saturated heterocycles. The minimum atomic E-state index is -0.781. The number of hydrogen-bond donors (Lipinski definition) is 2. The third-order valence-electron chi connectivity index (χ3n) is 3.05. The molecule has 0 fully saturated rings. The average Bonchev–Trinajstić information content (AvgIpc) is 2.21. The fourth-order valence-electron chi connectivity index (χ4n) is 1.75. The van der Waals surface area contributed by atoms with Crippen molar-refractivity contribution < 1.29 is 19.8 Å². The molecule has 0 aliphatic heterocycles. The van der Waals surface area contributed by atoms with Crippen LogP contribution in [0, 0.1) is 11.8 Å². The van der Waals surface area contributed by atoms with Crippen LogP contribution in [0.5, 0.6) is 0 Å². The van der Waals surface area contributed by atoms with E-state index in [2.05, 4.69) is 0 Å². The lowest BCUT2D eigenvalue weighted by Gasteiger charge is -2.18. The molecule has 4 nitrogen and oxygen atoms in total. The van der Waals surface area contributed by atoms with E-state index in [1.807, 2.05) is 13.8 Å². The Hall–Kier alpha value is -1.06. The van der Waals surface area contributed by atoms with E-state index in [4.69, 9.17) is 10.2 Å². The van der Waals surface area contributed by atoms with Gasteiger partial charge in [-0.2, -0.15) is 0 Å². The minimum Gasteiger partial charge on any atom is -0.481 e. The van der Waals surface area contributed by atoms with E-state index < -0.39 is 11.9 Å². The summed E-state index contributed by atoms with van der Waals surface area (Å²) >= 11 is 0. The monoisotopic (exact) mass is 230 g/mol. The van der Waals surface area contributed by atoms with Crippen LogP contribution in [0.15, 0.2) is 0 Å². The molecule has 0 aromatic heterocycles. The average molecular weight is 230 g/mol. The maximum Gasteiger partial charge on any atom is 0.306 e. The predicted molar refractivity (Wildman–Crippen MR) is 61.3 cm³/mol. The van der Waals surface area contributed by atoms with Crippen LogP contribution in [-0.4, -0.2) is 22.2 Å². The van der Waals surface area contributed by atoms with Crippen LogP contribution in [0.25, 0.3) is 0 Å². The topological polar surface area (TPSA) is 74.6 Å². The molecule has 2 atom stereocenters. The lowest BCUT2D eigenvalue weighted by molar-refractivity contribution is -0.144. The fourth-order valence-corrected chi connectivity index (χ4v) is 1.75. The Balaban J connectivity index is 3.77. The maximum atomic E-state index is 11.0. The Morgan fingerprint density at radius 2 is 1.75 bits per heavy atom. The van der Waals surface area contributed by atoms with Crippen LogP contribution >= 0.6 is 0 Å². The molecule has 2 N–H and O–H groups in total. The molecular formula is C12H22O4. The second-order valence-corrected chi connectivity index (χ2v) is 4.32. The Morgan fingerprint density at radius 3 is 2.19 bits per heavy atom. The summed E-state index contributed by atoms with van der Waals surface area (Å²) in [7, 11) is 0. The second-order valence-electron chi connectivity index (χ2n) is 4.32. The van der Waals surface area contributed by atoms with Gasteiger partial charge in [0.2, 0.25) is 0 Å². The summed E-state index contributed by atoms with van der Waals surface area (Å²) in [6.07, 6.45) is 3.94. The van der Waals surface area contributed by atoms with Gasteiger partial charge in [-0.25, -0.2) is 0 Å². The molecule has 0 heterocycles. The minimum absolute atomic E-state index is 0.182. The lowest BCUT2D eigenvalue weighted by atomic mass is 9.87. The van der Waals surface area contributed by atoms with Gasteiger partial charge in [0.05, 0.1) is 5.92 Å². The number of carboxylic acids is 2. The zero-order chi connectivity index (χ0) is 12.6. The number of carboxylic acid groups (broad SMARTS) is 2. The molecule has 16 heavy (non-hydrogen) atoms. The van der Waals surface area contributed by atoms with Crippen molar-refractivity contribution in [3.05, 3.63) is 0 Å². The first kappa shape index (κ1) is 14.9. The van der Waals surface area contributed by atoms with Crippen LogP contribution in [-0.2, 0) is 9.59 Å². The highest BCUT2D eigenvalue weighted by molar-refractivity contribution is 5.70. The maximum absolute atomic E-state index is 11.0. The quantitative estimate of drug-likeness (QED) is 0.597. The first-order valence-electron chi connectivity index (χ1n) is 5.93. The summed E-state index contributed by atoms with van der Waals surface area (Å²) in [4.78, 5) is 21.2. The highest BCUT2D eigenvalue weighted by Gasteiger charge is 2.22. The zero-order valence-corrected chi connectivity index (χ0v) is 10.1. The summed E-state index contributed by atoms with van der Waals surface area (Å²) in [5.74, 6) is -1.60. The summed E-state index contributed by atoms with van der Waals surface area (Å²) in [6, 6.07) is 0. The van der Waals surface area contributed by atoms with Gasteiger partial charge in [-0.3, -0.25) is 9.59 Å². The first-order valence-corrected chi connectivity index (χ1v) is 5.93. The van der Waals surface area contributed by atoms with Crippen LogP contribution < -0.4 is 0 Å². The van der Waals surface area contributed by atoms with E-state index in [9.17, 15) is 9.59 Å². The van der Waals surface area contributed by atoms with E-state index in [-0.39, 0.29) is 18.3 Å². The Morgan fingerprint density at radius 1 is 1.12 bits per heavy atom. The molecule has 0 rings (SSSR count). The zero-order valence-electron chi connectivity index (χ0n) is 10.1. The molecule has 0 radical (unpaired) electrons. The summed E-state index contributed by atoms with van der Waals surface area (Å²) < 4.78 is 0. The van der Waals surface area contributed by atoms with E-state index in [1.54, 1.807) is 0 Å². The molecule has 0 saturated carbocycles. The molecule has 0 amide bonds. The van der Waals surface area contributed by atoms with Gasteiger partial charge in [-0.15, -0.1) is 0 Å². The van der Waals surface area contributed by atoms with Crippen molar-refractivity contribution in [2.45, 2.75) is 52.4 Å². The van der Waals surface area contributed by atoms with Gasteiger partial charge in [0, 0.05) is 6.42 Å². The number of carbonyl (C=O) groups is 2. The third-order valence-corrected chi connectivity index (χ3v) is 3.05. The van der Waals surface area contributed by atoms with Crippen molar-refractivity contribution in [3.8, 4) is 0 Å². The summed E-state index contributed by atoms with van der Waals surface area (Å²) in [6.45, 7) is 3.95. The molecule has 0 aliphatic carbocycles. The third kappa shape index (κ3) is 6.43. The van der Waals surface area contributed by atoms with Gasteiger partial charge >= 0.3 is 11.9 Å². The molecule has 0 aromatic carbocycles. The second kappa shape index (κ2) is 8.13. The van der Waals surface area contributed by atoms with Crippen molar-refractivity contribution in [1.82, 2.24) is 0 Å². The van der Waals surface area contributed by atoms with Crippen molar-refractivity contribution in [2.75, 3.05) is 0 Å². The van der Waals surface area contributed by atoms with Crippen molar-refractivity contribution >= 4 is 11.9 Å². The van der Waals surface area contributed by atoms with Gasteiger partial charge in [0.25, 0.3) is 0 Å². The van der Waals surface area contributed by atoms with Crippen molar-refractivity contribution in [3.63, 3.8) is 0 Å². The first-order chi connectivity index (χ1) is 7.49. The summed E-state index contributed by atoms with van der Waals surface area (Å²) in [5, 5.41) is 17.5. The van der Waals surface area contributed by atoms with E-state index in [0.29, 0.717) is 12.8 Å². The highest BCUT2D eigenvalue weighted by atomic mass is 16.4. The Bertz CT molecular complexity index is 225. The smallest absolute Gasteiger partial charge is 0.306 e. The lowest BCUT2D eigenvalue weighted by Crippen LogP contribution is -2.21. The molecule has 0 aliphatic rings. The number of aliphatic carboxylic acids is 2. The Labute approximate surface area is 96.7 Å². The van der Waals surface area contributed by atoms with Gasteiger partial charge in [0.1, 0.15) is 0 Å². The van der Waals surface area contributed by atoms with Crippen LogP contribution in [0.3, 0.4) is 0 Å². The summed E-state index contributed by atoms with van der Waals surface area (Å²) in [5.41, 5.74) is 0. The largest absolute Gasteiger partial charge is 0.481 e. The number of unbranched alkanes of at least 4 members (excludes halogenated alkanes) is 2. The number of hydrogen-bond acceptors (Lipinski definition) is 2. The van der Waals surface area contributed by atoms with Gasteiger partial charge in [-0.1, -0.05) is 33.1 Å². The highest BCUT2D eigenvalue weighted by Crippen LogP contribution is 2.22.